The number of carbonyl (C=O) groups excluding carboxylic acids is 1. The van der Waals surface area contributed by atoms with E-state index in [0.717, 1.165) is 0 Å². The molecule has 0 bridgehead atoms. The van der Waals surface area contributed by atoms with Gasteiger partial charge in [0.1, 0.15) is 5.76 Å². The molecule has 0 fully saturated rings. The number of hydrogen-bond acceptors (Lipinski definition) is 4. The van der Waals surface area contributed by atoms with E-state index in [1.54, 1.807) is 19.1 Å². The molecule has 0 saturated carbocycles. The summed E-state index contributed by atoms with van der Waals surface area (Å²) in [5.41, 5.74) is -0.0982. The maximum absolute atomic E-state index is 11.7. The van der Waals surface area contributed by atoms with E-state index in [1.807, 2.05) is 0 Å². The first-order valence-corrected chi connectivity index (χ1v) is 6.17. The van der Waals surface area contributed by atoms with Crippen LogP contribution in [0.4, 0.5) is 0 Å². The number of aryl methyl sites for hydroxylation is 1. The summed E-state index contributed by atoms with van der Waals surface area (Å²) in [6, 6.07) is 3.50. The first-order valence-electron chi connectivity index (χ1n) is 6.17. The summed E-state index contributed by atoms with van der Waals surface area (Å²) in [6.45, 7) is 1.94. The standard InChI is InChI=1S/C13H15N3O4/c1-8-10(12(18)16-13(19)15-8)4-5-11(17)14-7-9-3-2-6-20-9/h2-3,6H,4-5,7H2,1H3,(H,14,17)(H2,15,16,18,19). The lowest BCUT2D eigenvalue weighted by atomic mass is 10.1. The van der Waals surface area contributed by atoms with Crippen LogP contribution in [-0.2, 0) is 17.8 Å². The van der Waals surface area contributed by atoms with Crippen molar-refractivity contribution in [3.05, 3.63) is 56.3 Å². The average Bonchev–Trinajstić information content (AvgIpc) is 2.88. The zero-order chi connectivity index (χ0) is 14.5. The topological polar surface area (TPSA) is 108 Å². The summed E-state index contributed by atoms with van der Waals surface area (Å²) in [6.07, 6.45) is 1.96. The van der Waals surface area contributed by atoms with Gasteiger partial charge in [0.15, 0.2) is 0 Å². The molecule has 2 aromatic heterocycles. The molecule has 2 aromatic rings. The third kappa shape index (κ3) is 3.47. The molecule has 20 heavy (non-hydrogen) atoms. The van der Waals surface area contributed by atoms with Crippen LogP contribution in [0.2, 0.25) is 0 Å². The van der Waals surface area contributed by atoms with Crippen molar-refractivity contribution >= 4 is 5.91 Å². The number of amides is 1. The highest BCUT2D eigenvalue weighted by Crippen LogP contribution is 2.01. The Hall–Kier alpha value is -2.57. The van der Waals surface area contributed by atoms with E-state index in [9.17, 15) is 14.4 Å². The minimum absolute atomic E-state index is 0.163. The number of rotatable bonds is 5. The minimum Gasteiger partial charge on any atom is -0.467 e. The highest BCUT2D eigenvalue weighted by atomic mass is 16.3. The van der Waals surface area contributed by atoms with Crippen LogP contribution < -0.4 is 16.6 Å². The highest BCUT2D eigenvalue weighted by Gasteiger charge is 2.09. The Bertz CT molecular complexity index is 697. The molecular weight excluding hydrogens is 262 g/mol. The van der Waals surface area contributed by atoms with Crippen LogP contribution in [-0.4, -0.2) is 15.9 Å². The van der Waals surface area contributed by atoms with E-state index >= 15 is 0 Å². The number of aromatic nitrogens is 2. The Balaban J connectivity index is 1.90. The van der Waals surface area contributed by atoms with Crippen molar-refractivity contribution in [2.24, 2.45) is 0 Å². The molecule has 0 aliphatic rings. The highest BCUT2D eigenvalue weighted by molar-refractivity contribution is 5.76. The predicted octanol–water partition coefficient (Wildman–Crippen LogP) is 0.214. The maximum Gasteiger partial charge on any atom is 0.325 e. The Kier molecular flexibility index (Phi) is 4.19. The van der Waals surface area contributed by atoms with Gasteiger partial charge in [-0.2, -0.15) is 0 Å². The molecule has 3 N–H and O–H groups in total. The second kappa shape index (κ2) is 6.05. The monoisotopic (exact) mass is 277 g/mol. The van der Waals surface area contributed by atoms with Gasteiger partial charge in [-0.05, 0) is 25.5 Å². The zero-order valence-corrected chi connectivity index (χ0v) is 11.0. The molecule has 0 unspecified atom stereocenters. The number of carbonyl (C=O) groups is 1. The van der Waals surface area contributed by atoms with Gasteiger partial charge in [0.05, 0.1) is 12.8 Å². The third-order valence-electron chi connectivity index (χ3n) is 2.90. The molecule has 0 atom stereocenters. The number of nitrogens with one attached hydrogen (secondary N) is 3. The van der Waals surface area contributed by atoms with Crippen molar-refractivity contribution in [3.8, 4) is 0 Å². The summed E-state index contributed by atoms with van der Waals surface area (Å²) in [7, 11) is 0. The van der Waals surface area contributed by atoms with Crippen LogP contribution >= 0.6 is 0 Å². The van der Waals surface area contributed by atoms with Gasteiger partial charge in [0.25, 0.3) is 5.56 Å². The minimum atomic E-state index is -0.543. The van der Waals surface area contributed by atoms with Crippen LogP contribution in [0.5, 0.6) is 0 Å². The second-order valence-electron chi connectivity index (χ2n) is 4.37. The van der Waals surface area contributed by atoms with Crippen LogP contribution in [0.1, 0.15) is 23.4 Å². The van der Waals surface area contributed by atoms with Gasteiger partial charge in [-0.1, -0.05) is 0 Å². The van der Waals surface area contributed by atoms with E-state index in [4.69, 9.17) is 4.42 Å². The molecule has 0 radical (unpaired) electrons. The Morgan fingerprint density at radius 3 is 2.80 bits per heavy atom. The fraction of sp³-hybridized carbons (Fsp3) is 0.308. The molecule has 0 aliphatic carbocycles. The molecule has 7 heteroatoms. The van der Waals surface area contributed by atoms with E-state index in [1.165, 1.54) is 6.26 Å². The Morgan fingerprint density at radius 1 is 1.35 bits per heavy atom. The molecule has 106 valence electrons. The summed E-state index contributed by atoms with van der Waals surface area (Å²) in [5, 5.41) is 2.69. The van der Waals surface area contributed by atoms with Gasteiger partial charge in [0, 0.05) is 17.7 Å². The van der Waals surface area contributed by atoms with Crippen molar-refractivity contribution < 1.29 is 9.21 Å². The summed E-state index contributed by atoms with van der Waals surface area (Å²) < 4.78 is 5.09. The molecule has 2 rings (SSSR count). The van der Waals surface area contributed by atoms with E-state index in [0.29, 0.717) is 23.6 Å². The summed E-state index contributed by atoms with van der Waals surface area (Å²) in [4.78, 5) is 38.9. The number of aromatic amines is 2. The van der Waals surface area contributed by atoms with Crippen LogP contribution in [0.25, 0.3) is 0 Å². The van der Waals surface area contributed by atoms with Gasteiger partial charge in [-0.3, -0.25) is 14.6 Å². The van der Waals surface area contributed by atoms with Crippen molar-refractivity contribution in [2.75, 3.05) is 0 Å². The lowest BCUT2D eigenvalue weighted by Crippen LogP contribution is -2.29. The van der Waals surface area contributed by atoms with Crippen molar-refractivity contribution in [3.63, 3.8) is 0 Å². The number of furan rings is 1. The lowest BCUT2D eigenvalue weighted by molar-refractivity contribution is -0.121. The molecule has 0 spiro atoms. The smallest absolute Gasteiger partial charge is 0.325 e. The van der Waals surface area contributed by atoms with E-state index in [2.05, 4.69) is 15.3 Å². The largest absolute Gasteiger partial charge is 0.467 e. The molecule has 0 aliphatic heterocycles. The third-order valence-corrected chi connectivity index (χ3v) is 2.90. The number of H-pyrrole nitrogens is 2. The molecule has 0 saturated heterocycles. The normalized spacial score (nSPS) is 10.4. The van der Waals surface area contributed by atoms with Gasteiger partial charge < -0.3 is 14.7 Å². The predicted molar refractivity (Wildman–Crippen MR) is 71.3 cm³/mol. The Morgan fingerprint density at radius 2 is 2.15 bits per heavy atom. The lowest BCUT2D eigenvalue weighted by Gasteiger charge is -2.05. The van der Waals surface area contributed by atoms with Gasteiger partial charge in [-0.15, -0.1) is 0 Å². The summed E-state index contributed by atoms with van der Waals surface area (Å²) >= 11 is 0. The number of hydrogen-bond donors (Lipinski definition) is 3. The maximum atomic E-state index is 11.7. The zero-order valence-electron chi connectivity index (χ0n) is 11.0. The fourth-order valence-electron chi connectivity index (χ4n) is 1.85. The van der Waals surface area contributed by atoms with E-state index < -0.39 is 11.2 Å². The summed E-state index contributed by atoms with van der Waals surface area (Å²) in [5.74, 6) is 0.475. The van der Waals surface area contributed by atoms with Crippen LogP contribution in [0, 0.1) is 6.92 Å². The van der Waals surface area contributed by atoms with E-state index in [-0.39, 0.29) is 18.7 Å². The van der Waals surface area contributed by atoms with Crippen LogP contribution in [0.3, 0.4) is 0 Å². The van der Waals surface area contributed by atoms with Gasteiger partial charge in [-0.25, -0.2) is 4.79 Å². The van der Waals surface area contributed by atoms with Crippen molar-refractivity contribution in [1.82, 2.24) is 15.3 Å². The van der Waals surface area contributed by atoms with Gasteiger partial charge >= 0.3 is 5.69 Å². The van der Waals surface area contributed by atoms with Crippen LogP contribution in [0.15, 0.2) is 32.4 Å². The fourth-order valence-corrected chi connectivity index (χ4v) is 1.85. The van der Waals surface area contributed by atoms with Gasteiger partial charge in [0.2, 0.25) is 5.91 Å². The van der Waals surface area contributed by atoms with Crippen molar-refractivity contribution in [1.29, 1.82) is 0 Å². The SMILES string of the molecule is Cc1[nH]c(=O)[nH]c(=O)c1CCC(=O)NCc1ccco1. The molecule has 7 nitrogen and oxygen atoms in total. The average molecular weight is 277 g/mol. The first-order chi connectivity index (χ1) is 9.56. The quantitative estimate of drug-likeness (QED) is 0.726. The molecule has 0 aromatic carbocycles. The molecule has 2 heterocycles. The Labute approximate surface area is 114 Å². The second-order valence-corrected chi connectivity index (χ2v) is 4.37. The molecular formula is C13H15N3O4. The van der Waals surface area contributed by atoms with Crippen molar-refractivity contribution in [2.45, 2.75) is 26.3 Å². The molecule has 1 amide bonds. The first kappa shape index (κ1) is 13.9.